The van der Waals surface area contributed by atoms with Crippen molar-refractivity contribution in [1.82, 2.24) is 0 Å². The van der Waals surface area contributed by atoms with Gasteiger partial charge in [-0.2, -0.15) is 0 Å². The summed E-state index contributed by atoms with van der Waals surface area (Å²) >= 11 is 0. The molecule has 1 atom stereocenters. The van der Waals surface area contributed by atoms with E-state index >= 15 is 0 Å². The Morgan fingerprint density at radius 1 is 0.889 bits per heavy atom. The molecule has 3 rings (SSSR count). The molecule has 0 aromatic heterocycles. The third kappa shape index (κ3) is 4.26. The van der Waals surface area contributed by atoms with Gasteiger partial charge in [-0.1, -0.05) is 62.4 Å². The third-order valence-corrected chi connectivity index (χ3v) is 4.27. The number of rotatable bonds is 6. The summed E-state index contributed by atoms with van der Waals surface area (Å²) in [7, 11) is 0. The van der Waals surface area contributed by atoms with Gasteiger partial charge in [-0.25, -0.2) is 4.79 Å². The number of carbonyl (C=O) groups excluding carboxylic acids is 2. The molecule has 0 aliphatic heterocycles. The summed E-state index contributed by atoms with van der Waals surface area (Å²) in [6, 6.07) is 17.2. The van der Waals surface area contributed by atoms with Crippen molar-refractivity contribution >= 4 is 33.5 Å². The number of benzene rings is 3. The van der Waals surface area contributed by atoms with Crippen molar-refractivity contribution < 1.29 is 24.2 Å². The lowest BCUT2D eigenvalue weighted by Crippen LogP contribution is -2.26. The van der Waals surface area contributed by atoms with E-state index in [1.807, 2.05) is 54.6 Å². The lowest BCUT2D eigenvalue weighted by atomic mass is 9.97. The molecule has 27 heavy (non-hydrogen) atoms. The maximum atomic E-state index is 12.8. The Balaban J connectivity index is 1.79. The van der Waals surface area contributed by atoms with Crippen LogP contribution in [0, 0.1) is 5.92 Å². The van der Waals surface area contributed by atoms with E-state index in [-0.39, 0.29) is 19.1 Å². The molecule has 0 heterocycles. The first-order chi connectivity index (χ1) is 13.0. The van der Waals surface area contributed by atoms with Gasteiger partial charge in [0, 0.05) is 0 Å². The van der Waals surface area contributed by atoms with Gasteiger partial charge >= 0.3 is 11.9 Å². The maximum absolute atomic E-state index is 12.8. The van der Waals surface area contributed by atoms with Crippen LogP contribution in [0.2, 0.25) is 0 Å². The van der Waals surface area contributed by atoms with Crippen LogP contribution in [-0.2, 0) is 14.3 Å². The Bertz CT molecular complexity index is 923. The Morgan fingerprint density at radius 2 is 1.41 bits per heavy atom. The minimum atomic E-state index is -1.07. The summed E-state index contributed by atoms with van der Waals surface area (Å²) in [5.41, 5.74) is 0.468. The molecule has 0 spiro atoms. The average molecular weight is 366 g/mol. The molecular formula is C22H22O5. The Hall–Kier alpha value is -2.92. The molecule has 0 saturated heterocycles. The van der Waals surface area contributed by atoms with Gasteiger partial charge in [0.2, 0.25) is 0 Å². The zero-order valence-electron chi connectivity index (χ0n) is 15.3. The largest absolute Gasteiger partial charge is 0.463 e. The van der Waals surface area contributed by atoms with Crippen LogP contribution in [0.15, 0.2) is 54.6 Å². The van der Waals surface area contributed by atoms with Crippen LogP contribution in [0.5, 0.6) is 0 Å². The van der Waals surface area contributed by atoms with Crippen molar-refractivity contribution in [2.24, 2.45) is 5.92 Å². The van der Waals surface area contributed by atoms with Crippen molar-refractivity contribution in [2.75, 3.05) is 13.2 Å². The van der Waals surface area contributed by atoms with Crippen molar-refractivity contribution in [3.63, 3.8) is 0 Å². The molecule has 0 saturated carbocycles. The number of aliphatic hydroxyl groups is 1. The van der Waals surface area contributed by atoms with Crippen LogP contribution in [-0.4, -0.2) is 36.4 Å². The lowest BCUT2D eigenvalue weighted by molar-refractivity contribution is -0.151. The summed E-state index contributed by atoms with van der Waals surface area (Å²) in [5.74, 6) is -1.19. The van der Waals surface area contributed by atoms with E-state index in [4.69, 9.17) is 9.47 Å². The molecule has 0 fully saturated rings. The number of ether oxygens (including phenoxy) is 2. The minimum Gasteiger partial charge on any atom is -0.463 e. The van der Waals surface area contributed by atoms with Crippen LogP contribution in [0.4, 0.5) is 0 Å². The van der Waals surface area contributed by atoms with Gasteiger partial charge in [0.1, 0.15) is 19.3 Å². The monoisotopic (exact) mass is 366 g/mol. The average Bonchev–Trinajstić information content (AvgIpc) is 2.68. The van der Waals surface area contributed by atoms with Crippen LogP contribution in [0.3, 0.4) is 0 Å². The standard InChI is InChI=1S/C22H22O5/c1-14(2)21(24)26-12-17(23)13-27-22(25)20-18-9-5-3-7-15(18)11-16-8-4-6-10-19(16)20/h3-11,14,17,23H,12-13H2,1-2H3. The summed E-state index contributed by atoms with van der Waals surface area (Å²) in [5, 5.41) is 13.4. The Kier molecular flexibility index (Phi) is 5.72. The van der Waals surface area contributed by atoms with Gasteiger partial charge in [0.25, 0.3) is 0 Å². The molecule has 1 unspecified atom stereocenters. The van der Waals surface area contributed by atoms with Gasteiger partial charge in [0.15, 0.2) is 0 Å². The quantitative estimate of drug-likeness (QED) is 0.532. The maximum Gasteiger partial charge on any atom is 0.339 e. The van der Waals surface area contributed by atoms with E-state index in [1.165, 1.54) is 0 Å². The summed E-state index contributed by atoms with van der Waals surface area (Å²) < 4.78 is 10.3. The van der Waals surface area contributed by atoms with Crippen LogP contribution >= 0.6 is 0 Å². The number of carbonyl (C=O) groups is 2. The summed E-state index contributed by atoms with van der Waals surface area (Å²) in [4.78, 5) is 24.2. The number of hydrogen-bond acceptors (Lipinski definition) is 5. The van der Waals surface area contributed by atoms with Gasteiger partial charge in [0.05, 0.1) is 11.5 Å². The molecule has 0 aliphatic rings. The van der Waals surface area contributed by atoms with Crippen molar-refractivity contribution in [2.45, 2.75) is 20.0 Å². The van der Waals surface area contributed by atoms with E-state index < -0.39 is 18.0 Å². The first kappa shape index (κ1) is 18.9. The third-order valence-electron chi connectivity index (χ3n) is 4.27. The molecule has 0 radical (unpaired) electrons. The topological polar surface area (TPSA) is 72.8 Å². The normalized spacial score (nSPS) is 12.3. The number of esters is 2. The van der Waals surface area contributed by atoms with Crippen LogP contribution < -0.4 is 0 Å². The van der Waals surface area contributed by atoms with Crippen molar-refractivity contribution in [3.8, 4) is 0 Å². The molecule has 0 amide bonds. The van der Waals surface area contributed by atoms with Gasteiger partial charge < -0.3 is 14.6 Å². The zero-order valence-corrected chi connectivity index (χ0v) is 15.3. The van der Waals surface area contributed by atoms with Crippen LogP contribution in [0.1, 0.15) is 24.2 Å². The molecule has 0 bridgehead atoms. The number of fused-ring (bicyclic) bond motifs is 2. The smallest absolute Gasteiger partial charge is 0.339 e. The van der Waals surface area contributed by atoms with E-state index in [1.54, 1.807) is 13.8 Å². The molecule has 3 aromatic carbocycles. The van der Waals surface area contributed by atoms with E-state index in [0.29, 0.717) is 5.56 Å². The second kappa shape index (κ2) is 8.18. The number of hydrogen-bond donors (Lipinski definition) is 1. The van der Waals surface area contributed by atoms with Gasteiger partial charge in [-0.05, 0) is 27.6 Å². The molecular weight excluding hydrogens is 344 g/mol. The van der Waals surface area contributed by atoms with E-state index in [2.05, 4.69) is 0 Å². The van der Waals surface area contributed by atoms with Gasteiger partial charge in [-0.3, -0.25) is 4.79 Å². The molecule has 3 aromatic rings. The van der Waals surface area contributed by atoms with Crippen molar-refractivity contribution in [1.29, 1.82) is 0 Å². The zero-order chi connectivity index (χ0) is 19.4. The number of aliphatic hydroxyl groups excluding tert-OH is 1. The Morgan fingerprint density at radius 3 is 1.96 bits per heavy atom. The predicted molar refractivity (Wildman–Crippen MR) is 104 cm³/mol. The molecule has 5 heteroatoms. The highest BCUT2D eigenvalue weighted by atomic mass is 16.6. The first-order valence-electron chi connectivity index (χ1n) is 8.89. The molecule has 0 aliphatic carbocycles. The van der Waals surface area contributed by atoms with Crippen molar-refractivity contribution in [3.05, 3.63) is 60.2 Å². The van der Waals surface area contributed by atoms with E-state index in [0.717, 1.165) is 21.5 Å². The first-order valence-corrected chi connectivity index (χ1v) is 8.89. The second-order valence-electron chi connectivity index (χ2n) is 6.73. The highest BCUT2D eigenvalue weighted by Gasteiger charge is 2.18. The highest BCUT2D eigenvalue weighted by Crippen LogP contribution is 2.29. The molecule has 140 valence electrons. The second-order valence-corrected chi connectivity index (χ2v) is 6.73. The predicted octanol–water partition coefficient (Wildman–Crippen LogP) is 3.71. The van der Waals surface area contributed by atoms with E-state index in [9.17, 15) is 14.7 Å². The van der Waals surface area contributed by atoms with Gasteiger partial charge in [-0.15, -0.1) is 0 Å². The molecule has 1 N–H and O–H groups in total. The lowest BCUT2D eigenvalue weighted by Gasteiger charge is -2.15. The van der Waals surface area contributed by atoms with Crippen LogP contribution in [0.25, 0.3) is 21.5 Å². The summed E-state index contributed by atoms with van der Waals surface area (Å²) in [6.45, 7) is 2.96. The fourth-order valence-electron chi connectivity index (χ4n) is 2.87. The fraction of sp³-hybridized carbons (Fsp3) is 0.273. The fourth-order valence-corrected chi connectivity index (χ4v) is 2.87. The molecule has 5 nitrogen and oxygen atoms in total. The minimum absolute atomic E-state index is 0.208. The summed E-state index contributed by atoms with van der Waals surface area (Å²) in [6.07, 6.45) is -1.07. The SMILES string of the molecule is CC(C)C(=O)OCC(O)COC(=O)c1c2ccccc2cc2ccccc12. The highest BCUT2D eigenvalue weighted by molar-refractivity contribution is 6.16. The Labute approximate surface area is 157 Å².